The Morgan fingerprint density at radius 3 is 2.65 bits per heavy atom. The maximum atomic E-state index is 13.4. The Hall–Kier alpha value is -2.24. The highest BCUT2D eigenvalue weighted by Crippen LogP contribution is 2.10. The molecule has 0 aromatic heterocycles. The highest BCUT2D eigenvalue weighted by Gasteiger charge is 2.20. The Balaban J connectivity index is 2.74. The maximum Gasteiger partial charge on any atom is 0.254 e. The van der Waals surface area contributed by atoms with Crippen LogP contribution in [0.2, 0.25) is 0 Å². The Morgan fingerprint density at radius 2 is 2.10 bits per heavy atom. The van der Waals surface area contributed by atoms with E-state index in [4.69, 9.17) is 5.73 Å². The molecular formula is C14H16F2N2O2. The van der Waals surface area contributed by atoms with Crippen LogP contribution in [0, 0.1) is 11.6 Å². The van der Waals surface area contributed by atoms with Crippen LogP contribution in [0.4, 0.5) is 8.78 Å². The zero-order chi connectivity index (χ0) is 15.1. The van der Waals surface area contributed by atoms with E-state index in [9.17, 15) is 18.4 Å². The molecule has 0 unspecified atom stereocenters. The largest absolute Gasteiger partial charge is 0.368 e. The van der Waals surface area contributed by atoms with Crippen molar-refractivity contribution in [3.8, 4) is 0 Å². The quantitative estimate of drug-likeness (QED) is 0.592. The standard InChI is InChI=1S/C14H16F2N2O2/c1-2-3-4-5-12(13(17)19)18-14(20)10-7-6-9(15)8-11(10)16/h2,6-8,12H,1,3-5H2,(H2,17,19)(H,18,20)/t12-/m0/s1. The van der Waals surface area contributed by atoms with E-state index in [-0.39, 0.29) is 5.56 Å². The van der Waals surface area contributed by atoms with Crippen LogP contribution < -0.4 is 11.1 Å². The lowest BCUT2D eigenvalue weighted by Crippen LogP contribution is -2.44. The Kier molecular flexibility index (Phi) is 5.83. The van der Waals surface area contributed by atoms with Crippen LogP contribution in [0.3, 0.4) is 0 Å². The van der Waals surface area contributed by atoms with Gasteiger partial charge in [-0.25, -0.2) is 8.78 Å². The van der Waals surface area contributed by atoms with Crippen molar-refractivity contribution in [1.29, 1.82) is 0 Å². The molecule has 0 fully saturated rings. The van der Waals surface area contributed by atoms with Gasteiger partial charge in [0, 0.05) is 6.07 Å². The Labute approximate surface area is 115 Å². The molecule has 0 spiro atoms. The van der Waals surface area contributed by atoms with Gasteiger partial charge in [0.1, 0.15) is 17.7 Å². The van der Waals surface area contributed by atoms with Crippen molar-refractivity contribution < 1.29 is 18.4 Å². The fourth-order valence-corrected chi connectivity index (χ4v) is 1.66. The number of amides is 2. The summed E-state index contributed by atoms with van der Waals surface area (Å²) in [5.74, 6) is -3.27. The number of allylic oxidation sites excluding steroid dienone is 1. The second-order valence-corrected chi connectivity index (χ2v) is 4.27. The molecule has 0 saturated heterocycles. The molecule has 1 aromatic rings. The van der Waals surface area contributed by atoms with E-state index in [1.165, 1.54) is 0 Å². The lowest BCUT2D eigenvalue weighted by molar-refractivity contribution is -0.120. The van der Waals surface area contributed by atoms with Gasteiger partial charge in [-0.05, 0) is 31.4 Å². The average molecular weight is 282 g/mol. The molecule has 0 radical (unpaired) electrons. The van der Waals surface area contributed by atoms with Gasteiger partial charge in [-0.15, -0.1) is 6.58 Å². The highest BCUT2D eigenvalue weighted by molar-refractivity contribution is 5.97. The number of hydrogen-bond acceptors (Lipinski definition) is 2. The smallest absolute Gasteiger partial charge is 0.254 e. The van der Waals surface area contributed by atoms with Crippen LogP contribution >= 0.6 is 0 Å². The number of carbonyl (C=O) groups excluding carboxylic acids is 2. The second-order valence-electron chi connectivity index (χ2n) is 4.27. The number of nitrogens with one attached hydrogen (secondary N) is 1. The first-order valence-electron chi connectivity index (χ1n) is 6.12. The van der Waals surface area contributed by atoms with E-state index < -0.39 is 29.5 Å². The van der Waals surface area contributed by atoms with E-state index in [2.05, 4.69) is 11.9 Å². The molecule has 1 atom stereocenters. The molecule has 0 aliphatic rings. The summed E-state index contributed by atoms with van der Waals surface area (Å²) in [6, 6.07) is 1.69. The summed E-state index contributed by atoms with van der Waals surface area (Å²) in [4.78, 5) is 23.1. The molecule has 108 valence electrons. The SMILES string of the molecule is C=CCCC[C@H](NC(=O)c1ccc(F)cc1F)C(N)=O. The number of hydrogen-bond donors (Lipinski definition) is 2. The van der Waals surface area contributed by atoms with Gasteiger partial charge in [0.15, 0.2) is 0 Å². The third-order valence-corrected chi connectivity index (χ3v) is 2.73. The van der Waals surface area contributed by atoms with E-state index in [1.807, 2.05) is 0 Å². The minimum Gasteiger partial charge on any atom is -0.368 e. The van der Waals surface area contributed by atoms with Crippen molar-refractivity contribution in [2.24, 2.45) is 5.73 Å². The summed E-state index contributed by atoms with van der Waals surface area (Å²) >= 11 is 0. The molecule has 0 bridgehead atoms. The van der Waals surface area contributed by atoms with Crippen molar-refractivity contribution in [3.63, 3.8) is 0 Å². The predicted octanol–water partition coefficient (Wildman–Crippen LogP) is 1.90. The van der Waals surface area contributed by atoms with Gasteiger partial charge in [-0.3, -0.25) is 9.59 Å². The van der Waals surface area contributed by atoms with Crippen LogP contribution in [-0.2, 0) is 4.79 Å². The number of carbonyl (C=O) groups is 2. The van der Waals surface area contributed by atoms with Gasteiger partial charge in [0.05, 0.1) is 5.56 Å². The van der Waals surface area contributed by atoms with E-state index in [0.29, 0.717) is 25.3 Å². The summed E-state index contributed by atoms with van der Waals surface area (Å²) in [7, 11) is 0. The van der Waals surface area contributed by atoms with E-state index >= 15 is 0 Å². The van der Waals surface area contributed by atoms with Crippen molar-refractivity contribution in [3.05, 3.63) is 48.1 Å². The zero-order valence-electron chi connectivity index (χ0n) is 10.9. The first-order chi connectivity index (χ1) is 9.45. The number of unbranched alkanes of at least 4 members (excludes halogenated alkanes) is 1. The number of halogens is 2. The number of primary amides is 1. The highest BCUT2D eigenvalue weighted by atomic mass is 19.1. The monoisotopic (exact) mass is 282 g/mol. The van der Waals surface area contributed by atoms with Gasteiger partial charge < -0.3 is 11.1 Å². The fraction of sp³-hybridized carbons (Fsp3) is 0.286. The molecule has 1 rings (SSSR count). The van der Waals surface area contributed by atoms with Crippen molar-refractivity contribution in [2.45, 2.75) is 25.3 Å². The van der Waals surface area contributed by atoms with Crippen LogP contribution in [-0.4, -0.2) is 17.9 Å². The summed E-state index contributed by atoms with van der Waals surface area (Å²) < 4.78 is 26.2. The molecule has 0 aliphatic heterocycles. The zero-order valence-corrected chi connectivity index (χ0v) is 10.9. The van der Waals surface area contributed by atoms with E-state index in [0.717, 1.165) is 12.1 Å². The third kappa shape index (κ3) is 4.46. The van der Waals surface area contributed by atoms with Crippen molar-refractivity contribution in [2.75, 3.05) is 0 Å². The first-order valence-corrected chi connectivity index (χ1v) is 6.12. The molecule has 0 aliphatic carbocycles. The minimum absolute atomic E-state index is 0.329. The maximum absolute atomic E-state index is 13.4. The van der Waals surface area contributed by atoms with E-state index in [1.54, 1.807) is 6.08 Å². The summed E-state index contributed by atoms with van der Waals surface area (Å²) in [6.07, 6.45) is 3.29. The molecule has 1 aromatic carbocycles. The van der Waals surface area contributed by atoms with Gasteiger partial charge in [0.2, 0.25) is 5.91 Å². The third-order valence-electron chi connectivity index (χ3n) is 2.73. The van der Waals surface area contributed by atoms with Crippen molar-refractivity contribution in [1.82, 2.24) is 5.32 Å². The van der Waals surface area contributed by atoms with Crippen LogP contribution in [0.15, 0.2) is 30.9 Å². The number of rotatable bonds is 7. The average Bonchev–Trinajstić information content (AvgIpc) is 2.37. The molecule has 0 heterocycles. The van der Waals surface area contributed by atoms with Crippen LogP contribution in [0.1, 0.15) is 29.6 Å². The lowest BCUT2D eigenvalue weighted by Gasteiger charge is -2.15. The topological polar surface area (TPSA) is 72.2 Å². The molecule has 2 amide bonds. The second kappa shape index (κ2) is 7.37. The predicted molar refractivity (Wildman–Crippen MR) is 70.9 cm³/mol. The summed E-state index contributed by atoms with van der Waals surface area (Å²) in [6.45, 7) is 3.54. The van der Waals surface area contributed by atoms with Crippen LogP contribution in [0.25, 0.3) is 0 Å². The Morgan fingerprint density at radius 1 is 1.40 bits per heavy atom. The number of benzene rings is 1. The number of nitrogens with two attached hydrogens (primary N) is 1. The Bertz CT molecular complexity index is 518. The molecule has 6 heteroatoms. The molecule has 20 heavy (non-hydrogen) atoms. The molecule has 4 nitrogen and oxygen atoms in total. The normalized spacial score (nSPS) is 11.7. The minimum atomic E-state index is -0.989. The van der Waals surface area contributed by atoms with Gasteiger partial charge >= 0.3 is 0 Å². The van der Waals surface area contributed by atoms with Crippen LogP contribution in [0.5, 0.6) is 0 Å². The summed E-state index contributed by atoms with van der Waals surface area (Å²) in [5.41, 5.74) is 4.84. The van der Waals surface area contributed by atoms with Gasteiger partial charge in [-0.1, -0.05) is 6.08 Å². The van der Waals surface area contributed by atoms with Crippen molar-refractivity contribution >= 4 is 11.8 Å². The van der Waals surface area contributed by atoms with Gasteiger partial charge in [0.25, 0.3) is 5.91 Å². The molecule has 0 saturated carbocycles. The van der Waals surface area contributed by atoms with Gasteiger partial charge in [-0.2, -0.15) is 0 Å². The molecular weight excluding hydrogens is 266 g/mol. The summed E-state index contributed by atoms with van der Waals surface area (Å²) in [5, 5.41) is 2.34. The first kappa shape index (κ1) is 15.8. The molecule has 3 N–H and O–H groups in total. The lowest BCUT2D eigenvalue weighted by atomic mass is 10.1. The fourth-order valence-electron chi connectivity index (χ4n) is 1.66.